The Bertz CT molecular complexity index is 744. The third kappa shape index (κ3) is 2.08. The predicted molar refractivity (Wildman–Crippen MR) is 81.6 cm³/mol. The van der Waals surface area contributed by atoms with Gasteiger partial charge in [0.2, 0.25) is 0 Å². The molecule has 2 N–H and O–H groups in total. The summed E-state index contributed by atoms with van der Waals surface area (Å²) in [5.74, 6) is 0. The highest BCUT2D eigenvalue weighted by Gasteiger charge is 2.11. The molecule has 2 nitrogen and oxygen atoms in total. The van der Waals surface area contributed by atoms with E-state index in [0.29, 0.717) is 0 Å². The van der Waals surface area contributed by atoms with Crippen molar-refractivity contribution >= 4 is 28.2 Å². The number of hydrogen-bond acceptors (Lipinski definition) is 1. The Hall–Kier alpha value is -1.93. The Balaban J connectivity index is 2.14. The van der Waals surface area contributed by atoms with Gasteiger partial charge in [0.25, 0.3) is 0 Å². The number of rotatable bonds is 2. The van der Waals surface area contributed by atoms with Crippen LogP contribution in [0.1, 0.15) is 11.1 Å². The molecule has 3 aromatic rings. The molecule has 1 aromatic heterocycles. The number of halogens is 1. The molecule has 0 saturated heterocycles. The molecule has 96 valence electrons. The van der Waals surface area contributed by atoms with Crippen LogP contribution in [-0.2, 0) is 13.5 Å². The molecule has 19 heavy (non-hydrogen) atoms. The zero-order chi connectivity index (χ0) is 13.4. The van der Waals surface area contributed by atoms with E-state index in [1.807, 2.05) is 37.4 Å². The molecule has 0 saturated carbocycles. The van der Waals surface area contributed by atoms with Crippen molar-refractivity contribution in [1.29, 1.82) is 0 Å². The summed E-state index contributed by atoms with van der Waals surface area (Å²) in [6, 6.07) is 14.0. The lowest BCUT2D eigenvalue weighted by Gasteiger charge is -2.05. The minimum absolute atomic E-state index is 0.794. The maximum Gasteiger partial charge on any atom is 0.0502 e. The van der Waals surface area contributed by atoms with E-state index in [4.69, 9.17) is 17.3 Å². The van der Waals surface area contributed by atoms with Gasteiger partial charge in [-0.05, 0) is 29.3 Å². The Morgan fingerprint density at radius 3 is 2.63 bits per heavy atom. The number of nitrogens with two attached hydrogens (primary N) is 1. The zero-order valence-corrected chi connectivity index (χ0v) is 11.5. The Kier molecular flexibility index (Phi) is 2.96. The van der Waals surface area contributed by atoms with E-state index in [2.05, 4.69) is 22.9 Å². The number of hydrogen-bond donors (Lipinski definition) is 1. The quantitative estimate of drug-likeness (QED) is 0.701. The molecule has 2 aromatic carbocycles. The van der Waals surface area contributed by atoms with E-state index in [0.717, 1.165) is 33.6 Å². The fraction of sp³-hybridized carbons (Fsp3) is 0.125. The number of nitrogen functional groups attached to an aromatic ring is 1. The summed E-state index contributed by atoms with van der Waals surface area (Å²) >= 11 is 6.34. The van der Waals surface area contributed by atoms with Gasteiger partial charge in [-0.2, -0.15) is 0 Å². The topological polar surface area (TPSA) is 30.9 Å². The molecule has 3 rings (SSSR count). The van der Waals surface area contributed by atoms with E-state index >= 15 is 0 Å². The van der Waals surface area contributed by atoms with Crippen LogP contribution in [-0.4, -0.2) is 4.57 Å². The van der Waals surface area contributed by atoms with Gasteiger partial charge in [0.05, 0.1) is 5.02 Å². The van der Waals surface area contributed by atoms with Crippen molar-refractivity contribution in [2.45, 2.75) is 6.42 Å². The van der Waals surface area contributed by atoms with Gasteiger partial charge in [0.1, 0.15) is 0 Å². The third-order valence-corrected chi connectivity index (χ3v) is 3.79. The maximum absolute atomic E-state index is 6.34. The van der Waals surface area contributed by atoms with Crippen molar-refractivity contribution in [3.63, 3.8) is 0 Å². The monoisotopic (exact) mass is 270 g/mol. The molecule has 0 aliphatic heterocycles. The first-order valence-electron chi connectivity index (χ1n) is 6.22. The molecule has 0 amide bonds. The lowest BCUT2D eigenvalue weighted by molar-refractivity contribution is 0.958. The summed E-state index contributed by atoms with van der Waals surface area (Å²) in [4.78, 5) is 0. The second kappa shape index (κ2) is 4.63. The number of nitrogens with zero attached hydrogens (tertiary/aromatic N) is 1. The second-order valence-electron chi connectivity index (χ2n) is 4.77. The van der Waals surface area contributed by atoms with Crippen molar-refractivity contribution in [2.75, 3.05) is 5.73 Å². The van der Waals surface area contributed by atoms with E-state index in [1.54, 1.807) is 0 Å². The van der Waals surface area contributed by atoms with Crippen LogP contribution in [0.4, 0.5) is 5.69 Å². The van der Waals surface area contributed by atoms with Gasteiger partial charge in [-0.25, -0.2) is 0 Å². The minimum atomic E-state index is 0.794. The highest BCUT2D eigenvalue weighted by atomic mass is 35.5. The summed E-state index contributed by atoms with van der Waals surface area (Å²) in [5.41, 5.74) is 10.3. The fourth-order valence-electron chi connectivity index (χ4n) is 2.53. The van der Waals surface area contributed by atoms with Gasteiger partial charge in [0, 0.05) is 36.3 Å². The highest BCUT2D eigenvalue weighted by Crippen LogP contribution is 2.30. The van der Waals surface area contributed by atoms with Crippen molar-refractivity contribution in [3.05, 3.63) is 64.8 Å². The molecular formula is C16H15ClN2. The zero-order valence-electron chi connectivity index (χ0n) is 10.7. The van der Waals surface area contributed by atoms with Crippen LogP contribution in [0.25, 0.3) is 10.9 Å². The summed E-state index contributed by atoms with van der Waals surface area (Å²) in [7, 11) is 2.04. The fourth-order valence-corrected chi connectivity index (χ4v) is 2.82. The van der Waals surface area contributed by atoms with Crippen molar-refractivity contribution in [1.82, 2.24) is 4.57 Å². The number of aryl methyl sites for hydroxylation is 1. The number of para-hydroxylation sites is 1. The molecule has 0 atom stereocenters. The van der Waals surface area contributed by atoms with Crippen molar-refractivity contribution in [2.24, 2.45) is 7.05 Å². The molecule has 0 spiro atoms. The predicted octanol–water partition coefficient (Wildman–Crippen LogP) is 4.00. The molecule has 0 radical (unpaired) electrons. The van der Waals surface area contributed by atoms with E-state index in [-0.39, 0.29) is 0 Å². The van der Waals surface area contributed by atoms with Gasteiger partial charge < -0.3 is 10.3 Å². The number of anilines is 1. The standard InChI is InChI=1S/C16H15ClN2/c1-19-10-12(9-11-5-2-3-7-14(11)18)16-13(17)6-4-8-15(16)19/h2-8,10H,9,18H2,1H3. The third-order valence-electron chi connectivity index (χ3n) is 3.48. The number of fused-ring (bicyclic) bond motifs is 1. The Morgan fingerprint density at radius 1 is 1.05 bits per heavy atom. The van der Waals surface area contributed by atoms with E-state index < -0.39 is 0 Å². The molecule has 3 heteroatoms. The summed E-state index contributed by atoms with van der Waals surface area (Å²) in [6.07, 6.45) is 2.93. The van der Waals surface area contributed by atoms with Gasteiger partial charge >= 0.3 is 0 Å². The number of benzene rings is 2. The first-order valence-corrected chi connectivity index (χ1v) is 6.60. The van der Waals surface area contributed by atoms with Crippen LogP contribution < -0.4 is 5.73 Å². The molecule has 0 unspecified atom stereocenters. The van der Waals surface area contributed by atoms with E-state index in [9.17, 15) is 0 Å². The summed E-state index contributed by atoms with van der Waals surface area (Å²) in [6.45, 7) is 0. The molecule has 1 heterocycles. The van der Waals surface area contributed by atoms with Gasteiger partial charge in [-0.1, -0.05) is 35.9 Å². The summed E-state index contributed by atoms with van der Waals surface area (Å²) < 4.78 is 2.11. The summed E-state index contributed by atoms with van der Waals surface area (Å²) in [5, 5.41) is 1.91. The van der Waals surface area contributed by atoms with Gasteiger partial charge in [-0.3, -0.25) is 0 Å². The van der Waals surface area contributed by atoms with Crippen LogP contribution in [0.2, 0.25) is 5.02 Å². The molecule has 0 bridgehead atoms. The van der Waals surface area contributed by atoms with Crippen LogP contribution in [0, 0.1) is 0 Å². The Morgan fingerprint density at radius 2 is 1.84 bits per heavy atom. The van der Waals surface area contributed by atoms with Crippen molar-refractivity contribution < 1.29 is 0 Å². The van der Waals surface area contributed by atoms with Crippen LogP contribution in [0.3, 0.4) is 0 Å². The SMILES string of the molecule is Cn1cc(Cc2ccccc2N)c2c(Cl)cccc21. The van der Waals surface area contributed by atoms with Crippen LogP contribution in [0.5, 0.6) is 0 Å². The smallest absolute Gasteiger partial charge is 0.0502 e. The van der Waals surface area contributed by atoms with Crippen LogP contribution in [0.15, 0.2) is 48.7 Å². The lowest BCUT2D eigenvalue weighted by atomic mass is 10.0. The average molecular weight is 271 g/mol. The number of aromatic nitrogens is 1. The maximum atomic E-state index is 6.34. The molecule has 0 fully saturated rings. The first kappa shape index (κ1) is 12.1. The van der Waals surface area contributed by atoms with Crippen molar-refractivity contribution in [3.8, 4) is 0 Å². The largest absolute Gasteiger partial charge is 0.398 e. The normalized spacial score (nSPS) is 11.1. The lowest BCUT2D eigenvalue weighted by Crippen LogP contribution is -1.94. The Labute approximate surface area is 117 Å². The molecule has 0 aliphatic carbocycles. The first-order chi connectivity index (χ1) is 9.16. The van der Waals surface area contributed by atoms with E-state index in [1.165, 1.54) is 5.56 Å². The van der Waals surface area contributed by atoms with Gasteiger partial charge in [-0.15, -0.1) is 0 Å². The molecular weight excluding hydrogens is 256 g/mol. The van der Waals surface area contributed by atoms with Gasteiger partial charge in [0.15, 0.2) is 0 Å². The van der Waals surface area contributed by atoms with Crippen LogP contribution >= 0.6 is 11.6 Å². The molecule has 0 aliphatic rings. The second-order valence-corrected chi connectivity index (χ2v) is 5.18. The minimum Gasteiger partial charge on any atom is -0.398 e. The average Bonchev–Trinajstić information content (AvgIpc) is 2.71. The highest BCUT2D eigenvalue weighted by molar-refractivity contribution is 6.35.